The number of aromatic nitrogens is 1. The van der Waals surface area contributed by atoms with Crippen LogP contribution < -0.4 is 14.5 Å². The molecule has 3 rings (SSSR count). The molecule has 0 radical (unpaired) electrons. The number of halogens is 3. The molecule has 0 saturated carbocycles. The fourth-order valence-corrected chi connectivity index (χ4v) is 5.79. The molecular weight excluding hydrogens is 684 g/mol. The van der Waals surface area contributed by atoms with Crippen molar-refractivity contribution in [2.45, 2.75) is 83.8 Å². The number of nitrogens with zero attached hydrogens (tertiary/aromatic N) is 4. The molecule has 0 aliphatic rings. The summed E-state index contributed by atoms with van der Waals surface area (Å²) in [7, 11) is -1.78. The quantitative estimate of drug-likeness (QED) is 0.231. The van der Waals surface area contributed by atoms with Crippen LogP contribution in [0.15, 0.2) is 45.8 Å². The molecule has 0 atom stereocenters. The molecule has 1 aromatic heterocycles. The van der Waals surface area contributed by atoms with Gasteiger partial charge in [0.05, 0.1) is 22.1 Å². The van der Waals surface area contributed by atoms with Crippen LogP contribution in [0.4, 0.5) is 41.2 Å². The Hall–Kier alpha value is -4.11. The molecule has 0 unspecified atom stereocenters. The van der Waals surface area contributed by atoms with Gasteiger partial charge in [-0.25, -0.2) is 26.8 Å². The predicted molar refractivity (Wildman–Crippen MR) is 184 cm³/mol. The minimum atomic E-state index is -5.01. The fourth-order valence-electron chi connectivity index (χ4n) is 4.18. The lowest BCUT2D eigenvalue weighted by Gasteiger charge is -2.28. The Morgan fingerprint density at radius 1 is 0.878 bits per heavy atom. The van der Waals surface area contributed by atoms with Gasteiger partial charge in [-0.05, 0) is 65.8 Å². The van der Waals surface area contributed by atoms with Crippen LogP contribution in [0, 0.1) is 11.6 Å². The Kier molecular flexibility index (Phi) is 11.6. The Bertz CT molecular complexity index is 1800. The third kappa shape index (κ3) is 10.2. The molecule has 12 nitrogen and oxygen atoms in total. The van der Waals surface area contributed by atoms with E-state index in [1.165, 1.54) is 49.9 Å². The van der Waals surface area contributed by atoms with Gasteiger partial charge in [0.1, 0.15) is 33.5 Å². The van der Waals surface area contributed by atoms with E-state index in [1.807, 2.05) is 0 Å². The van der Waals surface area contributed by atoms with E-state index < -0.39 is 61.2 Å². The highest BCUT2D eigenvalue weighted by atomic mass is 35.5. The van der Waals surface area contributed by atoms with Crippen LogP contribution in [0.2, 0.25) is 5.02 Å². The number of nitrogens with one attached hydrogen (secondary N) is 1. The number of benzene rings is 2. The molecule has 1 N–H and O–H groups in total. The van der Waals surface area contributed by atoms with E-state index in [0.717, 1.165) is 12.1 Å². The molecule has 0 spiro atoms. The molecule has 0 aliphatic heterocycles. The number of likely N-dealkylation sites (N-methyl/N-ethyl adjacent to an activating group) is 2. The van der Waals surface area contributed by atoms with Crippen molar-refractivity contribution in [1.29, 1.82) is 0 Å². The standard InChI is InChI=1S/C33H44ClF2N5O7S/c1-31(2,3)27-19-28(38-48-27)41(30(43)47-33(7,8)9)49(44,45)26-17-21(34)24(18-22(26)36)37-23-13-12-20(35)16-25(23)39(10)14-15-40(11)29(42)46-32(4,5)6/h12-13,16-19,37H,14-15H2,1-11H3. The van der Waals surface area contributed by atoms with E-state index >= 15 is 4.39 Å². The van der Waals surface area contributed by atoms with E-state index in [2.05, 4.69) is 10.5 Å². The van der Waals surface area contributed by atoms with Crippen molar-refractivity contribution in [1.82, 2.24) is 10.1 Å². The fraction of sp³-hybridized carbons (Fsp3) is 0.485. The van der Waals surface area contributed by atoms with Crippen molar-refractivity contribution in [2.24, 2.45) is 0 Å². The first-order valence-corrected chi connectivity index (χ1v) is 17.1. The number of hydrogen-bond acceptors (Lipinski definition) is 10. The molecule has 16 heteroatoms. The zero-order chi connectivity index (χ0) is 37.3. The van der Waals surface area contributed by atoms with Crippen LogP contribution in [0.5, 0.6) is 0 Å². The Labute approximate surface area is 291 Å². The van der Waals surface area contributed by atoms with Gasteiger partial charge in [0.25, 0.3) is 10.0 Å². The zero-order valence-corrected chi connectivity index (χ0v) is 31.1. The molecule has 0 bridgehead atoms. The van der Waals surface area contributed by atoms with Crippen LogP contribution in [-0.4, -0.2) is 69.0 Å². The molecule has 270 valence electrons. The van der Waals surface area contributed by atoms with Gasteiger partial charge in [-0.1, -0.05) is 37.5 Å². The molecule has 0 fully saturated rings. The van der Waals surface area contributed by atoms with Crippen molar-refractivity contribution in [3.8, 4) is 0 Å². The van der Waals surface area contributed by atoms with Crippen molar-refractivity contribution >= 4 is 56.7 Å². The highest BCUT2D eigenvalue weighted by molar-refractivity contribution is 7.93. The van der Waals surface area contributed by atoms with Gasteiger partial charge in [-0.3, -0.25) is 0 Å². The summed E-state index contributed by atoms with van der Waals surface area (Å²) in [5, 5.41) is 6.47. The van der Waals surface area contributed by atoms with Gasteiger partial charge in [0, 0.05) is 44.7 Å². The number of carbonyl (C=O) groups excluding carboxylic acids is 2. The summed E-state index contributed by atoms with van der Waals surface area (Å²) in [6, 6.07) is 6.77. The van der Waals surface area contributed by atoms with Gasteiger partial charge in [0.2, 0.25) is 0 Å². The summed E-state index contributed by atoms with van der Waals surface area (Å²) in [4.78, 5) is 27.8. The van der Waals surface area contributed by atoms with E-state index in [9.17, 15) is 22.4 Å². The summed E-state index contributed by atoms with van der Waals surface area (Å²) in [5.74, 6) is -1.98. The number of ether oxygens (including phenoxy) is 2. The largest absolute Gasteiger partial charge is 0.444 e. The van der Waals surface area contributed by atoms with Crippen LogP contribution in [0.1, 0.15) is 68.1 Å². The molecule has 2 aromatic carbocycles. The number of anilines is 4. The van der Waals surface area contributed by atoms with Crippen molar-refractivity contribution in [2.75, 3.05) is 41.7 Å². The molecule has 2 amide bonds. The van der Waals surface area contributed by atoms with Crippen LogP contribution >= 0.6 is 11.6 Å². The highest BCUT2D eigenvalue weighted by Gasteiger charge is 2.40. The SMILES string of the molecule is CN(CCN(C)c1cc(F)ccc1Nc1cc(F)c(S(=O)(=O)N(C(=O)OC(C)(C)C)c2cc(C(C)(C)C)on2)cc1Cl)C(=O)OC(C)(C)C. The van der Waals surface area contributed by atoms with E-state index in [0.29, 0.717) is 11.4 Å². The molecule has 49 heavy (non-hydrogen) atoms. The second kappa shape index (κ2) is 14.4. The summed E-state index contributed by atoms with van der Waals surface area (Å²) in [5.41, 5.74) is -1.81. The van der Waals surface area contributed by atoms with Crippen LogP contribution in [0.25, 0.3) is 0 Å². The van der Waals surface area contributed by atoms with Gasteiger partial charge in [0.15, 0.2) is 5.82 Å². The van der Waals surface area contributed by atoms with Crippen molar-refractivity contribution in [3.63, 3.8) is 0 Å². The summed E-state index contributed by atoms with van der Waals surface area (Å²) < 4.78 is 74.3. The maximum absolute atomic E-state index is 15.8. The van der Waals surface area contributed by atoms with Crippen LogP contribution in [0.3, 0.4) is 0 Å². The number of amides is 2. The Balaban J connectivity index is 1.97. The minimum Gasteiger partial charge on any atom is -0.444 e. The number of carbonyl (C=O) groups is 2. The second-order valence-electron chi connectivity index (χ2n) is 14.4. The highest BCUT2D eigenvalue weighted by Crippen LogP contribution is 2.37. The van der Waals surface area contributed by atoms with E-state index in [-0.39, 0.29) is 33.9 Å². The Morgan fingerprint density at radius 2 is 1.47 bits per heavy atom. The zero-order valence-electron chi connectivity index (χ0n) is 29.6. The average molecular weight is 728 g/mol. The summed E-state index contributed by atoms with van der Waals surface area (Å²) >= 11 is 6.50. The lowest BCUT2D eigenvalue weighted by molar-refractivity contribution is 0.0303. The van der Waals surface area contributed by atoms with Gasteiger partial charge >= 0.3 is 12.2 Å². The maximum Gasteiger partial charge on any atom is 0.430 e. The lowest BCUT2D eigenvalue weighted by atomic mass is 9.93. The summed E-state index contributed by atoms with van der Waals surface area (Å²) in [6.07, 6.45) is -1.87. The maximum atomic E-state index is 15.8. The van der Waals surface area contributed by atoms with Gasteiger partial charge in [-0.15, -0.1) is 4.31 Å². The first kappa shape index (κ1) is 39.3. The average Bonchev–Trinajstić information content (AvgIpc) is 3.42. The second-order valence-corrected chi connectivity index (χ2v) is 16.6. The third-order valence-electron chi connectivity index (χ3n) is 6.66. The third-order valence-corrected chi connectivity index (χ3v) is 8.66. The smallest absolute Gasteiger partial charge is 0.430 e. The topological polar surface area (TPSA) is 135 Å². The first-order chi connectivity index (χ1) is 22.3. The number of hydrogen-bond donors (Lipinski definition) is 1. The molecular formula is C33H44ClF2N5O7S. The Morgan fingerprint density at radius 3 is 2.02 bits per heavy atom. The predicted octanol–water partition coefficient (Wildman–Crippen LogP) is 8.08. The van der Waals surface area contributed by atoms with Gasteiger partial charge in [-0.2, -0.15) is 0 Å². The molecule has 0 saturated heterocycles. The van der Waals surface area contributed by atoms with E-state index in [4.69, 9.17) is 25.6 Å². The monoisotopic (exact) mass is 727 g/mol. The van der Waals surface area contributed by atoms with E-state index in [1.54, 1.807) is 60.5 Å². The van der Waals surface area contributed by atoms with Crippen molar-refractivity contribution < 1.29 is 40.8 Å². The number of rotatable bonds is 9. The normalized spacial score (nSPS) is 12.4. The first-order valence-electron chi connectivity index (χ1n) is 15.3. The molecule has 1 heterocycles. The summed E-state index contributed by atoms with van der Waals surface area (Å²) in [6.45, 7) is 15.7. The van der Waals surface area contributed by atoms with Crippen LogP contribution in [-0.2, 0) is 24.9 Å². The molecule has 0 aliphatic carbocycles. The van der Waals surface area contributed by atoms with Crippen molar-refractivity contribution in [3.05, 3.63) is 58.8 Å². The number of sulfonamides is 1. The minimum absolute atomic E-state index is 0.0504. The lowest BCUT2D eigenvalue weighted by Crippen LogP contribution is -2.41. The van der Waals surface area contributed by atoms with Gasteiger partial charge < -0.3 is 29.1 Å². The molecule has 3 aromatic rings.